The number of rotatable bonds is 10. The summed E-state index contributed by atoms with van der Waals surface area (Å²) in [5.41, 5.74) is 5.93. The summed E-state index contributed by atoms with van der Waals surface area (Å²) < 4.78 is 65.6. The van der Waals surface area contributed by atoms with Crippen molar-refractivity contribution in [1.82, 2.24) is 14.9 Å². The van der Waals surface area contributed by atoms with E-state index in [9.17, 15) is 21.6 Å². The zero-order valence-electron chi connectivity index (χ0n) is 23.9. The molecule has 0 unspecified atom stereocenters. The van der Waals surface area contributed by atoms with Crippen LogP contribution in [0.5, 0.6) is 5.75 Å². The number of hydrogen-bond acceptors (Lipinski definition) is 6. The number of fused-ring (bicyclic) bond motifs is 1. The number of likely N-dealkylation sites (tertiary alicyclic amines) is 1. The van der Waals surface area contributed by atoms with Gasteiger partial charge in [0, 0.05) is 31.2 Å². The van der Waals surface area contributed by atoms with E-state index in [-0.39, 0.29) is 4.90 Å². The van der Waals surface area contributed by atoms with Gasteiger partial charge in [0.05, 0.1) is 12.0 Å². The van der Waals surface area contributed by atoms with Crippen LogP contribution in [0.2, 0.25) is 0 Å². The van der Waals surface area contributed by atoms with Crippen LogP contribution in [0.4, 0.5) is 13.2 Å². The van der Waals surface area contributed by atoms with Gasteiger partial charge in [-0.25, -0.2) is 17.9 Å². The fraction of sp³-hybridized carbons (Fsp3) is 0.387. The minimum Gasteiger partial charge on any atom is -0.496 e. The molecular formula is C31H36F3N3O5S. The molecule has 2 aliphatic rings. The molecule has 43 heavy (non-hydrogen) atoms. The van der Waals surface area contributed by atoms with Crippen LogP contribution in [0.3, 0.4) is 0 Å². The molecule has 0 atom stereocenters. The molecule has 1 heterocycles. The van der Waals surface area contributed by atoms with Gasteiger partial charge < -0.3 is 20.1 Å². The maximum Gasteiger partial charge on any atom is 0.490 e. The third kappa shape index (κ3) is 9.02. The van der Waals surface area contributed by atoms with Crippen molar-refractivity contribution in [3.63, 3.8) is 0 Å². The summed E-state index contributed by atoms with van der Waals surface area (Å²) in [4.78, 5) is 11.5. The maximum absolute atomic E-state index is 12.8. The standard InChI is InChI=1S/C29H35N3O3S.C2HF3O2/c1-35-29-13-8-22(21-30-26-19-24-6-2-3-7-25(24)20-26)18-28(29)23-9-11-27(12-10-23)36(33,34)31-14-17-32-15-4-5-16-32;3-2(4,5)1(6)7/h2-3,6-13,18,26,30-31H,4-5,14-17,19-21H2,1H3;(H,6,7). The Morgan fingerprint density at radius 1 is 1.00 bits per heavy atom. The summed E-state index contributed by atoms with van der Waals surface area (Å²) in [5.74, 6) is -1.99. The Morgan fingerprint density at radius 3 is 2.16 bits per heavy atom. The Morgan fingerprint density at radius 2 is 1.60 bits per heavy atom. The first-order valence-electron chi connectivity index (χ1n) is 14.1. The second kappa shape index (κ2) is 14.3. The van der Waals surface area contributed by atoms with E-state index >= 15 is 0 Å². The lowest BCUT2D eigenvalue weighted by Gasteiger charge is -2.16. The highest BCUT2D eigenvalue weighted by atomic mass is 32.2. The summed E-state index contributed by atoms with van der Waals surface area (Å²) >= 11 is 0. The number of ether oxygens (including phenoxy) is 1. The van der Waals surface area contributed by atoms with Crippen molar-refractivity contribution >= 4 is 16.0 Å². The lowest BCUT2D eigenvalue weighted by atomic mass is 10.0. The van der Waals surface area contributed by atoms with Gasteiger partial charge in [0.15, 0.2) is 0 Å². The van der Waals surface area contributed by atoms with E-state index in [1.807, 2.05) is 18.2 Å². The number of nitrogens with zero attached hydrogens (tertiary/aromatic N) is 1. The van der Waals surface area contributed by atoms with Crippen LogP contribution >= 0.6 is 0 Å². The quantitative estimate of drug-likeness (QED) is 0.304. The molecule has 3 aromatic rings. The number of carboxylic acid groups (broad SMARTS) is 1. The summed E-state index contributed by atoms with van der Waals surface area (Å²) in [6.07, 6.45) is -0.573. The first kappa shape index (κ1) is 32.5. The number of carbonyl (C=O) groups is 1. The molecule has 0 radical (unpaired) electrons. The molecule has 12 heteroatoms. The Hall–Kier alpha value is -3.45. The van der Waals surface area contributed by atoms with Gasteiger partial charge in [0.25, 0.3) is 0 Å². The predicted molar refractivity (Wildman–Crippen MR) is 157 cm³/mol. The molecule has 1 fully saturated rings. The van der Waals surface area contributed by atoms with E-state index in [1.54, 1.807) is 19.2 Å². The fourth-order valence-electron chi connectivity index (χ4n) is 5.30. The van der Waals surface area contributed by atoms with Gasteiger partial charge >= 0.3 is 12.1 Å². The largest absolute Gasteiger partial charge is 0.496 e. The van der Waals surface area contributed by atoms with Crippen LogP contribution in [-0.4, -0.2) is 69.9 Å². The monoisotopic (exact) mass is 619 g/mol. The SMILES string of the molecule is COc1ccc(CNC2Cc3ccccc3C2)cc1-c1ccc(S(=O)(=O)NCCN2CCCC2)cc1.O=C(O)C(F)(F)F. The third-order valence-electron chi connectivity index (χ3n) is 7.55. The number of alkyl halides is 3. The lowest BCUT2D eigenvalue weighted by Crippen LogP contribution is -2.33. The topological polar surface area (TPSA) is 108 Å². The highest BCUT2D eigenvalue weighted by molar-refractivity contribution is 7.89. The Bertz CT molecular complexity index is 1470. The van der Waals surface area contributed by atoms with Gasteiger partial charge in [0.2, 0.25) is 10.0 Å². The highest BCUT2D eigenvalue weighted by Crippen LogP contribution is 2.32. The molecule has 3 N–H and O–H groups in total. The number of carboxylic acids is 1. The summed E-state index contributed by atoms with van der Waals surface area (Å²) in [6.45, 7) is 4.06. The fourth-order valence-corrected chi connectivity index (χ4v) is 6.32. The van der Waals surface area contributed by atoms with Crippen molar-refractivity contribution < 1.29 is 36.2 Å². The number of methoxy groups -OCH3 is 1. The van der Waals surface area contributed by atoms with Crippen molar-refractivity contribution in [2.75, 3.05) is 33.3 Å². The van der Waals surface area contributed by atoms with Crippen LogP contribution in [0.25, 0.3) is 11.1 Å². The summed E-state index contributed by atoms with van der Waals surface area (Å²) in [5, 5.41) is 10.8. The van der Waals surface area contributed by atoms with Crippen molar-refractivity contribution in [3.05, 3.63) is 83.4 Å². The second-order valence-corrected chi connectivity index (χ2v) is 12.3. The first-order valence-corrected chi connectivity index (χ1v) is 15.5. The Kier molecular flexibility index (Phi) is 10.8. The Balaban J connectivity index is 0.000000541. The molecule has 0 bridgehead atoms. The van der Waals surface area contributed by atoms with Crippen molar-refractivity contribution in [3.8, 4) is 16.9 Å². The zero-order chi connectivity index (χ0) is 31.0. The summed E-state index contributed by atoms with van der Waals surface area (Å²) in [6, 6.07) is 22.4. The minimum absolute atomic E-state index is 0.283. The maximum atomic E-state index is 12.8. The van der Waals surface area contributed by atoms with Gasteiger partial charge in [-0.2, -0.15) is 13.2 Å². The molecule has 8 nitrogen and oxygen atoms in total. The van der Waals surface area contributed by atoms with E-state index in [0.29, 0.717) is 12.6 Å². The molecular weight excluding hydrogens is 583 g/mol. The van der Waals surface area contributed by atoms with Gasteiger partial charge in [-0.3, -0.25) is 0 Å². The summed E-state index contributed by atoms with van der Waals surface area (Å²) in [7, 11) is -1.87. The average Bonchev–Trinajstić information content (AvgIpc) is 3.65. The predicted octanol–water partition coefficient (Wildman–Crippen LogP) is 4.63. The van der Waals surface area contributed by atoms with Crippen molar-refractivity contribution in [1.29, 1.82) is 0 Å². The minimum atomic E-state index is -5.08. The first-order chi connectivity index (χ1) is 20.5. The molecule has 232 valence electrons. The molecule has 0 amide bonds. The average molecular weight is 620 g/mol. The number of halogens is 3. The van der Waals surface area contributed by atoms with Crippen LogP contribution in [0.15, 0.2) is 71.6 Å². The van der Waals surface area contributed by atoms with Crippen LogP contribution in [0.1, 0.15) is 29.5 Å². The molecule has 1 aliphatic heterocycles. The number of nitrogens with one attached hydrogen (secondary N) is 2. The number of benzene rings is 3. The third-order valence-corrected chi connectivity index (χ3v) is 9.02. The molecule has 0 spiro atoms. The van der Waals surface area contributed by atoms with E-state index in [4.69, 9.17) is 14.6 Å². The lowest BCUT2D eigenvalue weighted by molar-refractivity contribution is -0.192. The second-order valence-electron chi connectivity index (χ2n) is 10.6. The van der Waals surface area contributed by atoms with Gasteiger partial charge in [0.1, 0.15) is 5.75 Å². The van der Waals surface area contributed by atoms with Crippen LogP contribution < -0.4 is 14.8 Å². The van der Waals surface area contributed by atoms with Crippen LogP contribution in [0, 0.1) is 0 Å². The van der Waals surface area contributed by atoms with Crippen molar-refractivity contribution in [2.45, 2.75) is 49.3 Å². The van der Waals surface area contributed by atoms with E-state index in [0.717, 1.165) is 55.9 Å². The Labute approximate surface area is 249 Å². The van der Waals surface area contributed by atoms with Crippen LogP contribution in [-0.2, 0) is 34.2 Å². The highest BCUT2D eigenvalue weighted by Gasteiger charge is 2.38. The zero-order valence-corrected chi connectivity index (χ0v) is 24.7. The number of aliphatic carboxylic acids is 1. The molecule has 0 aromatic heterocycles. The normalized spacial score (nSPS) is 15.5. The number of sulfonamides is 1. The smallest absolute Gasteiger partial charge is 0.490 e. The van der Waals surface area contributed by atoms with E-state index in [2.05, 4.69) is 51.3 Å². The number of hydrogen-bond donors (Lipinski definition) is 3. The van der Waals surface area contributed by atoms with E-state index < -0.39 is 22.2 Å². The van der Waals surface area contributed by atoms with Gasteiger partial charge in [-0.15, -0.1) is 0 Å². The van der Waals surface area contributed by atoms with Gasteiger partial charge in [-0.1, -0.05) is 42.5 Å². The van der Waals surface area contributed by atoms with Gasteiger partial charge in [-0.05, 0) is 85.3 Å². The molecule has 1 aliphatic carbocycles. The van der Waals surface area contributed by atoms with Crippen molar-refractivity contribution in [2.24, 2.45) is 0 Å². The molecule has 0 saturated carbocycles. The molecule has 5 rings (SSSR count). The van der Waals surface area contributed by atoms with E-state index in [1.165, 1.54) is 29.5 Å². The molecule has 1 saturated heterocycles. The molecule has 3 aromatic carbocycles.